The van der Waals surface area contributed by atoms with Gasteiger partial charge in [0.25, 0.3) is 0 Å². The van der Waals surface area contributed by atoms with E-state index >= 15 is 0 Å². The van der Waals surface area contributed by atoms with Crippen molar-refractivity contribution in [3.05, 3.63) is 53.1 Å². The number of hydrogen-bond acceptors (Lipinski definition) is 2. The number of rotatable bonds is 2. The summed E-state index contributed by atoms with van der Waals surface area (Å²) in [5.74, 6) is -2.09. The topological polar surface area (TPSA) is 35.2 Å². The molecule has 0 saturated carbocycles. The van der Waals surface area contributed by atoms with Crippen LogP contribution in [-0.2, 0) is 18.5 Å². The quantitative estimate of drug-likeness (QED) is 0.496. The Bertz CT molecular complexity index is 806. The fourth-order valence-electron chi connectivity index (χ4n) is 2.05. The van der Waals surface area contributed by atoms with Crippen LogP contribution in [0.5, 0.6) is 11.5 Å². The number of nitrogen functional groups attached to an aromatic ring is 1. The second kappa shape index (κ2) is 6.29. The molecule has 0 atom stereocenters. The summed E-state index contributed by atoms with van der Waals surface area (Å²) in [5, 5.41) is 0. The summed E-state index contributed by atoms with van der Waals surface area (Å²) in [5.41, 5.74) is -0.695. The maximum atomic E-state index is 13.1. The van der Waals surface area contributed by atoms with Gasteiger partial charge in [0.05, 0.1) is 11.1 Å². The summed E-state index contributed by atoms with van der Waals surface area (Å²) in [6.07, 6.45) is -15.0. The molecule has 11 heteroatoms. The highest BCUT2D eigenvalue weighted by Gasteiger charge is 2.40. The maximum Gasteiger partial charge on any atom is 0.421 e. The first-order valence-electron chi connectivity index (χ1n) is 6.62. The minimum Gasteiger partial charge on any atom is -0.457 e. The Morgan fingerprint density at radius 1 is 0.692 bits per heavy atom. The zero-order valence-corrected chi connectivity index (χ0v) is 12.4. The molecule has 0 fully saturated rings. The molecule has 142 valence electrons. The molecule has 0 bridgehead atoms. The van der Waals surface area contributed by atoms with E-state index in [0.29, 0.717) is 12.1 Å². The van der Waals surface area contributed by atoms with Gasteiger partial charge in [-0.15, -0.1) is 0 Å². The van der Waals surface area contributed by atoms with E-state index in [9.17, 15) is 39.5 Å². The van der Waals surface area contributed by atoms with Crippen molar-refractivity contribution in [3.8, 4) is 11.5 Å². The molecule has 0 amide bonds. The van der Waals surface area contributed by atoms with Crippen molar-refractivity contribution in [2.24, 2.45) is 0 Å². The molecule has 2 N–H and O–H groups in total. The Hall–Kier alpha value is -2.59. The molecule has 0 heterocycles. The molecular formula is C15H8F9NO. The molecule has 26 heavy (non-hydrogen) atoms. The van der Waals surface area contributed by atoms with Gasteiger partial charge >= 0.3 is 18.5 Å². The van der Waals surface area contributed by atoms with Gasteiger partial charge in [0.2, 0.25) is 0 Å². The van der Waals surface area contributed by atoms with Crippen molar-refractivity contribution in [1.82, 2.24) is 0 Å². The first-order valence-corrected chi connectivity index (χ1v) is 6.62. The highest BCUT2D eigenvalue weighted by atomic mass is 19.4. The fourth-order valence-corrected chi connectivity index (χ4v) is 2.05. The smallest absolute Gasteiger partial charge is 0.421 e. The molecule has 0 spiro atoms. The van der Waals surface area contributed by atoms with E-state index in [0.717, 1.165) is 12.1 Å². The highest BCUT2D eigenvalue weighted by Crippen LogP contribution is 2.45. The molecule has 0 unspecified atom stereocenters. The number of nitrogens with two attached hydrogens (primary N) is 1. The lowest BCUT2D eigenvalue weighted by Crippen LogP contribution is -2.14. The van der Waals surface area contributed by atoms with Gasteiger partial charge in [-0.1, -0.05) is 6.07 Å². The summed E-state index contributed by atoms with van der Waals surface area (Å²) >= 11 is 0. The Morgan fingerprint density at radius 3 is 1.77 bits per heavy atom. The Balaban J connectivity index is 2.59. The van der Waals surface area contributed by atoms with Crippen LogP contribution >= 0.6 is 0 Å². The van der Waals surface area contributed by atoms with Crippen LogP contribution in [0.1, 0.15) is 16.7 Å². The van der Waals surface area contributed by atoms with Crippen molar-refractivity contribution in [3.63, 3.8) is 0 Å². The third kappa shape index (κ3) is 4.33. The normalized spacial score (nSPS) is 13.0. The summed E-state index contributed by atoms with van der Waals surface area (Å²) in [7, 11) is 0. The van der Waals surface area contributed by atoms with Gasteiger partial charge in [-0.25, -0.2) is 0 Å². The van der Waals surface area contributed by atoms with E-state index in [1.807, 2.05) is 0 Å². The molecular weight excluding hydrogens is 381 g/mol. The standard InChI is InChI=1S/C15H8F9NO/c16-13(17,18)7-2-1-3-9(4-7)26-11-6-8(14(19,20)21)5-10(25)12(11)15(22,23)24/h1-6H,25H2. The molecule has 0 aromatic heterocycles. The van der Waals surface area contributed by atoms with Crippen LogP contribution in [0.25, 0.3) is 0 Å². The number of halogens is 9. The van der Waals surface area contributed by atoms with E-state index in [1.165, 1.54) is 0 Å². The SMILES string of the molecule is Nc1cc(C(F)(F)F)cc(Oc2cccc(C(F)(F)F)c2)c1C(F)(F)F. The number of alkyl halides is 9. The Labute approximate surface area is 140 Å². The van der Waals surface area contributed by atoms with Gasteiger partial charge in [0.15, 0.2) is 0 Å². The second-order valence-corrected chi connectivity index (χ2v) is 5.06. The largest absolute Gasteiger partial charge is 0.457 e. The lowest BCUT2D eigenvalue weighted by Gasteiger charge is -2.19. The second-order valence-electron chi connectivity index (χ2n) is 5.06. The first-order chi connectivity index (χ1) is 11.7. The van der Waals surface area contributed by atoms with Gasteiger partial charge in [0, 0.05) is 5.69 Å². The van der Waals surface area contributed by atoms with Crippen LogP contribution < -0.4 is 10.5 Å². The van der Waals surface area contributed by atoms with E-state index in [4.69, 9.17) is 5.73 Å². The van der Waals surface area contributed by atoms with Crippen molar-refractivity contribution in [1.29, 1.82) is 0 Å². The van der Waals surface area contributed by atoms with Crippen LogP contribution in [0.4, 0.5) is 45.2 Å². The van der Waals surface area contributed by atoms with Crippen molar-refractivity contribution in [2.45, 2.75) is 18.5 Å². The third-order valence-corrected chi connectivity index (χ3v) is 3.13. The zero-order chi connectivity index (χ0) is 19.9. The number of benzene rings is 2. The number of ether oxygens (including phenoxy) is 1. The van der Waals surface area contributed by atoms with E-state index in [2.05, 4.69) is 4.74 Å². The predicted molar refractivity (Wildman–Crippen MR) is 72.4 cm³/mol. The summed E-state index contributed by atoms with van der Waals surface area (Å²) in [6.45, 7) is 0. The zero-order valence-electron chi connectivity index (χ0n) is 12.4. The minimum atomic E-state index is -5.19. The lowest BCUT2D eigenvalue weighted by atomic mass is 10.1. The third-order valence-electron chi connectivity index (χ3n) is 3.13. The van der Waals surface area contributed by atoms with E-state index in [-0.39, 0.29) is 12.1 Å². The molecule has 0 aliphatic rings. The molecule has 2 nitrogen and oxygen atoms in total. The minimum absolute atomic E-state index is 0.0272. The van der Waals surface area contributed by atoms with Crippen LogP contribution in [0, 0.1) is 0 Å². The highest BCUT2D eigenvalue weighted by molar-refractivity contribution is 5.59. The average Bonchev–Trinajstić information content (AvgIpc) is 2.43. The Kier molecular flexibility index (Phi) is 4.77. The summed E-state index contributed by atoms with van der Waals surface area (Å²) in [4.78, 5) is 0. The van der Waals surface area contributed by atoms with E-state index < -0.39 is 52.4 Å². The van der Waals surface area contributed by atoms with E-state index in [1.54, 1.807) is 0 Å². The predicted octanol–water partition coefficient (Wildman–Crippen LogP) is 6.12. The fraction of sp³-hybridized carbons (Fsp3) is 0.200. The molecule has 2 rings (SSSR count). The Morgan fingerprint density at radius 2 is 1.27 bits per heavy atom. The number of hydrogen-bond donors (Lipinski definition) is 1. The molecule has 0 aliphatic carbocycles. The lowest BCUT2D eigenvalue weighted by molar-refractivity contribution is -0.141. The molecule has 0 radical (unpaired) electrons. The van der Waals surface area contributed by atoms with Crippen molar-refractivity contribution >= 4 is 5.69 Å². The van der Waals surface area contributed by atoms with Crippen LogP contribution in [-0.4, -0.2) is 0 Å². The first kappa shape index (κ1) is 19.7. The molecule has 0 saturated heterocycles. The van der Waals surface area contributed by atoms with Crippen LogP contribution in [0.15, 0.2) is 36.4 Å². The van der Waals surface area contributed by atoms with Crippen molar-refractivity contribution in [2.75, 3.05) is 5.73 Å². The monoisotopic (exact) mass is 389 g/mol. The van der Waals surface area contributed by atoms with Crippen LogP contribution in [0.2, 0.25) is 0 Å². The van der Waals surface area contributed by atoms with Gasteiger partial charge in [0.1, 0.15) is 17.1 Å². The number of anilines is 1. The molecule has 0 aliphatic heterocycles. The van der Waals surface area contributed by atoms with Gasteiger partial charge in [-0.05, 0) is 30.3 Å². The van der Waals surface area contributed by atoms with Gasteiger partial charge in [-0.2, -0.15) is 39.5 Å². The summed E-state index contributed by atoms with van der Waals surface area (Å²) in [6, 6.07) is 2.78. The van der Waals surface area contributed by atoms with Crippen molar-refractivity contribution < 1.29 is 44.3 Å². The average molecular weight is 389 g/mol. The molecule has 2 aromatic rings. The van der Waals surface area contributed by atoms with Gasteiger partial charge in [-0.3, -0.25) is 0 Å². The summed E-state index contributed by atoms with van der Waals surface area (Å²) < 4.78 is 120. The molecule has 2 aromatic carbocycles. The maximum absolute atomic E-state index is 13.1. The van der Waals surface area contributed by atoms with Crippen LogP contribution in [0.3, 0.4) is 0 Å². The van der Waals surface area contributed by atoms with Gasteiger partial charge < -0.3 is 10.5 Å².